The molecule has 0 fully saturated rings. The maximum atomic E-state index is 11.1. The molecule has 1 aromatic rings. The Bertz CT molecular complexity index is 358. The molecule has 0 aliphatic carbocycles. The molecule has 0 saturated carbocycles. The Morgan fingerprint density at radius 2 is 2.36 bits per heavy atom. The van der Waals surface area contributed by atoms with Gasteiger partial charge in [-0.3, -0.25) is 10.2 Å². The van der Waals surface area contributed by atoms with Gasteiger partial charge in [0, 0.05) is 18.1 Å². The number of carbonyl (C=O) groups is 1. The smallest absolute Gasteiger partial charge is 0.311 e. The maximum Gasteiger partial charge on any atom is 0.311 e. The summed E-state index contributed by atoms with van der Waals surface area (Å²) in [4.78, 5) is 11.5. The van der Waals surface area contributed by atoms with Crippen molar-refractivity contribution in [2.24, 2.45) is 7.05 Å². The van der Waals surface area contributed by atoms with Gasteiger partial charge in [-0.15, -0.1) is 35.3 Å². The van der Waals surface area contributed by atoms with Crippen LogP contribution in [0.3, 0.4) is 0 Å². The molecule has 80 valence electrons. The molecule has 1 rings (SSSR count). The van der Waals surface area contributed by atoms with Crippen LogP contribution in [0.4, 0.5) is 0 Å². The van der Waals surface area contributed by atoms with Gasteiger partial charge in [0.25, 0.3) is 0 Å². The Labute approximate surface area is 103 Å². The molecule has 0 bridgehead atoms. The molecule has 1 heterocycles. The van der Waals surface area contributed by atoms with Gasteiger partial charge in [0.15, 0.2) is 4.80 Å². The van der Waals surface area contributed by atoms with Gasteiger partial charge in [-0.2, -0.15) is 0 Å². The van der Waals surface area contributed by atoms with Crippen LogP contribution in [0.15, 0.2) is 5.38 Å². The van der Waals surface area contributed by atoms with E-state index in [1.165, 1.54) is 11.3 Å². The summed E-state index contributed by atoms with van der Waals surface area (Å²) in [5, 5.41) is 9.22. The van der Waals surface area contributed by atoms with Crippen molar-refractivity contribution < 1.29 is 9.53 Å². The van der Waals surface area contributed by atoms with Gasteiger partial charge in [-0.1, -0.05) is 0 Å². The number of nitrogens with one attached hydrogen (secondary N) is 1. The van der Waals surface area contributed by atoms with Crippen LogP contribution in [0.5, 0.6) is 0 Å². The highest BCUT2D eigenvalue weighted by molar-refractivity contribution is 14.0. The Hall–Kier alpha value is -0.370. The number of carbonyl (C=O) groups excluding carboxylic acids is 1. The highest BCUT2D eigenvalue weighted by Gasteiger charge is 2.07. The molecule has 0 unspecified atom stereocenters. The summed E-state index contributed by atoms with van der Waals surface area (Å²) in [6, 6.07) is 0. The molecule has 1 aromatic heterocycles. The molecule has 0 saturated heterocycles. The summed E-state index contributed by atoms with van der Waals surface area (Å²) < 4.78 is 6.48. The number of aromatic nitrogens is 1. The molecule has 14 heavy (non-hydrogen) atoms. The van der Waals surface area contributed by atoms with Crippen LogP contribution in [-0.2, 0) is 23.0 Å². The van der Waals surface area contributed by atoms with Crippen molar-refractivity contribution in [3.05, 3.63) is 15.9 Å². The van der Waals surface area contributed by atoms with Crippen molar-refractivity contribution in [2.45, 2.75) is 13.3 Å². The van der Waals surface area contributed by atoms with Crippen LogP contribution < -0.4 is 4.80 Å². The normalized spacial score (nSPS) is 9.29. The SMILES string of the molecule is CCOC(=O)Cc1csc(=N)n1C.I. The quantitative estimate of drug-likeness (QED) is 0.671. The number of ether oxygens (including phenoxy) is 1. The fourth-order valence-corrected chi connectivity index (χ4v) is 1.70. The lowest BCUT2D eigenvalue weighted by Crippen LogP contribution is -2.15. The first-order chi connectivity index (χ1) is 6.15. The first kappa shape index (κ1) is 13.6. The second-order valence-electron chi connectivity index (χ2n) is 2.57. The fraction of sp³-hybridized carbons (Fsp3) is 0.500. The van der Waals surface area contributed by atoms with E-state index in [0.717, 1.165) is 5.69 Å². The number of nitrogens with zero attached hydrogens (tertiary/aromatic N) is 1. The van der Waals surface area contributed by atoms with E-state index in [1.54, 1.807) is 23.9 Å². The van der Waals surface area contributed by atoms with Gasteiger partial charge >= 0.3 is 5.97 Å². The fourth-order valence-electron chi connectivity index (χ4n) is 0.933. The number of thiazole rings is 1. The van der Waals surface area contributed by atoms with Crippen LogP contribution in [0, 0.1) is 5.41 Å². The second kappa shape index (κ2) is 6.18. The van der Waals surface area contributed by atoms with Crippen molar-refractivity contribution in [3.63, 3.8) is 0 Å². The van der Waals surface area contributed by atoms with Gasteiger partial charge < -0.3 is 9.30 Å². The van der Waals surface area contributed by atoms with E-state index in [1.807, 2.05) is 0 Å². The molecule has 0 amide bonds. The lowest BCUT2D eigenvalue weighted by atomic mass is 10.3. The molecule has 0 spiro atoms. The van der Waals surface area contributed by atoms with Crippen LogP contribution in [-0.4, -0.2) is 17.1 Å². The monoisotopic (exact) mass is 328 g/mol. The number of hydrogen-bond donors (Lipinski definition) is 1. The highest BCUT2D eigenvalue weighted by atomic mass is 127. The molecule has 4 nitrogen and oxygen atoms in total. The Kier molecular flexibility index (Phi) is 6.01. The van der Waals surface area contributed by atoms with Crippen molar-refractivity contribution >= 4 is 41.3 Å². The van der Waals surface area contributed by atoms with Gasteiger partial charge in [-0.25, -0.2) is 0 Å². The maximum absolute atomic E-state index is 11.1. The zero-order valence-corrected chi connectivity index (χ0v) is 11.2. The minimum Gasteiger partial charge on any atom is -0.466 e. The number of hydrogen-bond acceptors (Lipinski definition) is 4. The van der Waals surface area contributed by atoms with Gasteiger partial charge in [0.05, 0.1) is 13.0 Å². The minimum atomic E-state index is -0.240. The topological polar surface area (TPSA) is 55.1 Å². The van der Waals surface area contributed by atoms with E-state index in [4.69, 9.17) is 10.1 Å². The lowest BCUT2D eigenvalue weighted by Gasteiger charge is -2.01. The Morgan fingerprint density at radius 3 is 2.79 bits per heavy atom. The highest BCUT2D eigenvalue weighted by Crippen LogP contribution is 2.01. The zero-order valence-electron chi connectivity index (χ0n) is 8.07. The molecule has 0 aromatic carbocycles. The number of esters is 1. The Morgan fingerprint density at radius 1 is 1.71 bits per heavy atom. The summed E-state index contributed by atoms with van der Waals surface area (Å²) in [5.41, 5.74) is 0.827. The molecule has 0 atom stereocenters. The summed E-state index contributed by atoms with van der Waals surface area (Å²) >= 11 is 1.31. The number of rotatable bonds is 3. The average Bonchev–Trinajstić information content (AvgIpc) is 2.37. The summed E-state index contributed by atoms with van der Waals surface area (Å²) in [6.45, 7) is 2.18. The van der Waals surface area contributed by atoms with E-state index in [2.05, 4.69) is 0 Å². The third kappa shape index (κ3) is 3.41. The van der Waals surface area contributed by atoms with E-state index in [0.29, 0.717) is 11.4 Å². The lowest BCUT2D eigenvalue weighted by molar-refractivity contribution is -0.142. The van der Waals surface area contributed by atoms with Gasteiger partial charge in [0.2, 0.25) is 0 Å². The summed E-state index contributed by atoms with van der Waals surface area (Å²) in [5.74, 6) is -0.240. The first-order valence-corrected chi connectivity index (χ1v) is 4.86. The zero-order chi connectivity index (χ0) is 9.84. The van der Waals surface area contributed by atoms with E-state index >= 15 is 0 Å². The van der Waals surface area contributed by atoms with E-state index in [-0.39, 0.29) is 36.4 Å². The first-order valence-electron chi connectivity index (χ1n) is 3.98. The summed E-state index contributed by atoms with van der Waals surface area (Å²) in [7, 11) is 1.77. The predicted molar refractivity (Wildman–Crippen MR) is 64.9 cm³/mol. The van der Waals surface area contributed by atoms with Crippen LogP contribution in [0.2, 0.25) is 0 Å². The molecule has 1 N–H and O–H groups in total. The molecule has 0 radical (unpaired) electrons. The van der Waals surface area contributed by atoms with E-state index < -0.39 is 0 Å². The van der Waals surface area contributed by atoms with Crippen molar-refractivity contribution in [3.8, 4) is 0 Å². The van der Waals surface area contributed by atoms with E-state index in [9.17, 15) is 4.79 Å². The van der Waals surface area contributed by atoms with Crippen molar-refractivity contribution in [2.75, 3.05) is 6.61 Å². The van der Waals surface area contributed by atoms with Crippen LogP contribution in [0.1, 0.15) is 12.6 Å². The standard InChI is InChI=1S/C8H12N2O2S.HI/c1-3-12-7(11)4-6-5-13-8(9)10(6)2;/h5,9H,3-4H2,1-2H3;1H. The third-order valence-electron chi connectivity index (χ3n) is 1.67. The molecule has 0 aliphatic rings. The number of halogens is 1. The van der Waals surface area contributed by atoms with Crippen LogP contribution >= 0.6 is 35.3 Å². The van der Waals surface area contributed by atoms with Crippen LogP contribution in [0.25, 0.3) is 0 Å². The average molecular weight is 328 g/mol. The third-order valence-corrected chi connectivity index (χ3v) is 2.56. The molecule has 0 aliphatic heterocycles. The summed E-state index contributed by atoms with van der Waals surface area (Å²) in [6.07, 6.45) is 0.250. The van der Waals surface area contributed by atoms with Crippen molar-refractivity contribution in [1.29, 1.82) is 5.41 Å². The van der Waals surface area contributed by atoms with Gasteiger partial charge in [-0.05, 0) is 6.92 Å². The minimum absolute atomic E-state index is 0. The largest absolute Gasteiger partial charge is 0.466 e. The van der Waals surface area contributed by atoms with Crippen molar-refractivity contribution in [1.82, 2.24) is 4.57 Å². The molecular weight excluding hydrogens is 315 g/mol. The molecule has 6 heteroatoms. The molecular formula is C8H13IN2O2S. The Balaban J connectivity index is 0.00000169. The predicted octanol–water partition coefficient (Wildman–Crippen LogP) is 1.29. The van der Waals surface area contributed by atoms with Gasteiger partial charge in [0.1, 0.15) is 0 Å². The second-order valence-corrected chi connectivity index (χ2v) is 3.43.